The van der Waals surface area contributed by atoms with Gasteiger partial charge in [-0.25, -0.2) is 0 Å². The summed E-state index contributed by atoms with van der Waals surface area (Å²) in [4.78, 5) is 0. The molecule has 0 bridgehead atoms. The van der Waals surface area contributed by atoms with Crippen molar-refractivity contribution in [2.75, 3.05) is 5.90 Å². The summed E-state index contributed by atoms with van der Waals surface area (Å²) in [5.41, 5.74) is 0. The van der Waals surface area contributed by atoms with Crippen molar-refractivity contribution in [2.24, 2.45) is 0 Å². The first-order chi connectivity index (χ1) is 18.4. The van der Waals surface area contributed by atoms with Gasteiger partial charge in [0.05, 0.1) is 0 Å². The van der Waals surface area contributed by atoms with E-state index in [1.807, 2.05) is 0 Å². The standard InChI is InChI=1S/C25H22P2.5CO.W/c1-5-13-22(14-6-1)26(23-15-7-2-8-16-23)21-27(24-17-9-3-10-18-24)25-19-11-4-12-20-25;5*1-2;/h1-20H,21H2;;;;;;. The first kappa shape index (κ1) is 39.6. The van der Waals surface area contributed by atoms with Crippen molar-refractivity contribution in [2.45, 2.75) is 0 Å². The van der Waals surface area contributed by atoms with Gasteiger partial charge in [0.1, 0.15) is 0 Å². The number of hydrogen-bond acceptors (Lipinski definition) is 0. The van der Waals surface area contributed by atoms with Gasteiger partial charge in [-0.05, 0) is 37.1 Å². The van der Waals surface area contributed by atoms with E-state index in [9.17, 15) is 0 Å². The molecule has 4 aromatic rings. The Morgan fingerprint density at radius 2 is 0.500 bits per heavy atom. The second-order valence-corrected chi connectivity index (χ2v) is 11.2. The third-order valence-corrected chi connectivity index (χ3v) is 10.5. The molecule has 0 amide bonds. The van der Waals surface area contributed by atoms with Crippen LogP contribution in [0.4, 0.5) is 0 Å². The maximum atomic E-state index is 7.50. The van der Waals surface area contributed by atoms with Gasteiger partial charge < -0.3 is 0 Å². The molecule has 0 unspecified atom stereocenters. The van der Waals surface area contributed by atoms with E-state index in [-0.39, 0.29) is 21.1 Å². The van der Waals surface area contributed by atoms with Gasteiger partial charge in [-0.1, -0.05) is 121 Å². The fourth-order valence-electron chi connectivity index (χ4n) is 3.20. The van der Waals surface area contributed by atoms with Crippen LogP contribution in [0.5, 0.6) is 0 Å². The van der Waals surface area contributed by atoms with E-state index in [0.29, 0.717) is 0 Å². The first-order valence-electron chi connectivity index (χ1n) is 10.2. The zero-order valence-corrected chi connectivity index (χ0v) is 24.8. The summed E-state index contributed by atoms with van der Waals surface area (Å²) in [6, 6.07) is 44.1. The van der Waals surface area contributed by atoms with Crippen LogP contribution in [-0.4, -0.2) is 5.90 Å². The molecule has 8 heteroatoms. The Morgan fingerprint density at radius 1 is 0.342 bits per heavy atom. The van der Waals surface area contributed by atoms with Crippen LogP contribution < -0.4 is 21.2 Å². The Morgan fingerprint density at radius 3 is 0.658 bits per heavy atom. The molecule has 4 aromatic carbocycles. The Labute approximate surface area is 241 Å². The van der Waals surface area contributed by atoms with E-state index < -0.39 is 15.8 Å². The summed E-state index contributed by atoms with van der Waals surface area (Å²) in [5, 5.41) is 5.83. The van der Waals surface area contributed by atoms with E-state index >= 15 is 0 Å². The van der Waals surface area contributed by atoms with Gasteiger partial charge >= 0.3 is 56.5 Å². The normalized spacial score (nSPS) is 8.11. The van der Waals surface area contributed by atoms with E-state index in [2.05, 4.69) is 155 Å². The maximum Gasteiger partial charge on any atom is 0.00405 e. The molecule has 0 aliphatic rings. The van der Waals surface area contributed by atoms with Gasteiger partial charge in [0.2, 0.25) is 0 Å². The van der Waals surface area contributed by atoms with Crippen LogP contribution in [-0.2, 0) is 44.3 Å². The van der Waals surface area contributed by atoms with Crippen molar-refractivity contribution in [3.8, 4) is 0 Å². The zero-order chi connectivity index (χ0) is 28.3. The summed E-state index contributed by atoms with van der Waals surface area (Å²) < 4.78 is 37.5. The molecule has 0 spiro atoms. The minimum atomic E-state index is -0.409. The average Bonchev–Trinajstić information content (AvgIpc) is 3.04. The van der Waals surface area contributed by atoms with Crippen molar-refractivity contribution in [1.29, 1.82) is 0 Å². The van der Waals surface area contributed by atoms with Crippen LogP contribution in [0.3, 0.4) is 0 Å². The smallest absolute Gasteiger partial charge is 0.00405 e. The first-order valence-corrected chi connectivity index (χ1v) is 13.2. The predicted octanol–water partition coefficient (Wildman–Crippen LogP) is 5.02. The van der Waals surface area contributed by atoms with Crippen molar-refractivity contribution in [3.63, 3.8) is 0 Å². The van der Waals surface area contributed by atoms with Gasteiger partial charge in [0.15, 0.2) is 0 Å². The zero-order valence-electron chi connectivity index (χ0n) is 20.1. The van der Waals surface area contributed by atoms with Gasteiger partial charge in [0.25, 0.3) is 0 Å². The summed E-state index contributed by atoms with van der Waals surface area (Å²) >= 11 is 0. The van der Waals surface area contributed by atoms with Crippen molar-refractivity contribution < 1.29 is 44.3 Å². The van der Waals surface area contributed by atoms with Crippen LogP contribution in [0.1, 0.15) is 0 Å². The molecule has 0 atom stereocenters. The molecule has 188 valence electrons. The minimum absolute atomic E-state index is 0. The minimum Gasteiger partial charge on any atom is -0.0622 e. The second-order valence-electron chi connectivity index (χ2n) is 6.34. The SMILES string of the molecule is [C-]#[O+].[C-]#[O+].[C-]#[O+].[C-]#[O+].[C-]#[O+].[W].c1ccc(P(CP(c2ccccc2)c2ccccc2)c2ccccc2)cc1. The van der Waals surface area contributed by atoms with E-state index in [1.165, 1.54) is 27.1 Å². The van der Waals surface area contributed by atoms with Crippen LogP contribution in [0.15, 0.2) is 121 Å². The summed E-state index contributed by atoms with van der Waals surface area (Å²) in [6.07, 6.45) is 0. The molecule has 0 saturated heterocycles. The summed E-state index contributed by atoms with van der Waals surface area (Å²) in [6.45, 7) is 22.5. The van der Waals surface area contributed by atoms with Gasteiger partial charge in [-0.3, -0.25) is 0 Å². The topological polar surface area (TPSA) is 99.5 Å². The number of benzene rings is 4. The van der Waals surface area contributed by atoms with Gasteiger partial charge in [-0.2, -0.15) is 0 Å². The Kier molecular flexibility index (Phi) is 29.9. The third kappa shape index (κ3) is 14.2. The molecule has 0 aromatic heterocycles. The molecule has 0 aliphatic carbocycles. The molecule has 0 radical (unpaired) electrons. The molecule has 38 heavy (non-hydrogen) atoms. The molecule has 0 saturated carbocycles. The molecular formula is C30H22O5P2W. The average molecular weight is 708 g/mol. The quantitative estimate of drug-likeness (QED) is 0.153. The molecule has 0 aliphatic heterocycles. The van der Waals surface area contributed by atoms with Crippen LogP contribution >= 0.6 is 15.8 Å². The van der Waals surface area contributed by atoms with E-state index in [4.69, 9.17) is 23.3 Å². The van der Waals surface area contributed by atoms with E-state index in [1.54, 1.807) is 0 Å². The third-order valence-electron chi connectivity index (χ3n) is 4.55. The molecule has 4 rings (SSSR count). The van der Waals surface area contributed by atoms with Crippen molar-refractivity contribution in [1.82, 2.24) is 0 Å². The molecule has 0 fully saturated rings. The number of hydrogen-bond donors (Lipinski definition) is 0. The van der Waals surface area contributed by atoms with E-state index in [0.717, 1.165) is 0 Å². The Bertz CT molecular complexity index is 986. The monoisotopic (exact) mass is 708 g/mol. The Balaban J connectivity index is -0.00000100. The maximum absolute atomic E-state index is 7.50. The largest absolute Gasteiger partial charge is 0.0622 e. The summed E-state index contributed by atoms with van der Waals surface area (Å²) in [7, 11) is -0.817. The fourth-order valence-corrected chi connectivity index (χ4v) is 9.67. The summed E-state index contributed by atoms with van der Waals surface area (Å²) in [5.74, 6) is 1.17. The molecule has 0 heterocycles. The van der Waals surface area contributed by atoms with Crippen LogP contribution in [0.25, 0.3) is 0 Å². The van der Waals surface area contributed by atoms with Crippen molar-refractivity contribution >= 4 is 37.1 Å². The Hall–Kier alpha value is -2.87. The molecule has 5 nitrogen and oxygen atoms in total. The van der Waals surface area contributed by atoms with Gasteiger partial charge in [-0.15, -0.1) is 0 Å². The molecular weight excluding hydrogens is 686 g/mol. The van der Waals surface area contributed by atoms with Crippen LogP contribution in [0, 0.1) is 33.3 Å². The molecule has 0 N–H and O–H groups in total. The predicted molar refractivity (Wildman–Crippen MR) is 143 cm³/mol. The van der Waals surface area contributed by atoms with Crippen molar-refractivity contribution in [3.05, 3.63) is 155 Å². The fraction of sp³-hybridized carbons (Fsp3) is 0.0333. The number of rotatable bonds is 6. The van der Waals surface area contributed by atoms with Crippen LogP contribution in [0.2, 0.25) is 0 Å². The second kappa shape index (κ2) is 28.7. The van der Waals surface area contributed by atoms with Gasteiger partial charge in [0, 0.05) is 27.0 Å².